The summed E-state index contributed by atoms with van der Waals surface area (Å²) in [6.45, 7) is 0. The molecule has 220 valence electrons. The number of fused-ring (bicyclic) bond motifs is 9. The maximum absolute atomic E-state index is 2.44. The third-order valence-electron chi connectivity index (χ3n) is 9.64. The van der Waals surface area contributed by atoms with Crippen molar-refractivity contribution in [2.45, 2.75) is 0 Å². The maximum Gasteiger partial charge on any atom is 0.131 e. The Morgan fingerprint density at radius 3 is 1.30 bits per heavy atom. The molecular formula is C44H29N3. The number of rotatable bonds is 5. The van der Waals surface area contributed by atoms with E-state index in [9.17, 15) is 0 Å². The lowest BCUT2D eigenvalue weighted by Gasteiger charge is -2.26. The van der Waals surface area contributed by atoms with Gasteiger partial charge in [0.2, 0.25) is 0 Å². The lowest BCUT2D eigenvalue weighted by molar-refractivity contribution is 1.27. The normalized spacial score (nSPS) is 11.8. The monoisotopic (exact) mass is 599 g/mol. The van der Waals surface area contributed by atoms with Crippen LogP contribution in [0.4, 0.5) is 17.1 Å². The second-order valence-corrected chi connectivity index (χ2v) is 12.2. The number of anilines is 3. The van der Waals surface area contributed by atoms with Crippen molar-refractivity contribution in [2.24, 2.45) is 0 Å². The Kier molecular flexibility index (Phi) is 5.57. The average molecular weight is 600 g/mol. The van der Waals surface area contributed by atoms with Crippen LogP contribution in [0.5, 0.6) is 0 Å². The van der Waals surface area contributed by atoms with E-state index in [-0.39, 0.29) is 0 Å². The largest absolute Gasteiger partial charge is 0.310 e. The fraction of sp³-hybridized carbons (Fsp3) is 0. The van der Waals surface area contributed by atoms with E-state index in [2.05, 4.69) is 190 Å². The molecule has 0 bridgehead atoms. The Morgan fingerprint density at radius 2 is 0.745 bits per heavy atom. The highest BCUT2D eigenvalue weighted by Gasteiger charge is 2.23. The van der Waals surface area contributed by atoms with Crippen LogP contribution in [-0.2, 0) is 0 Å². The summed E-state index contributed by atoms with van der Waals surface area (Å²) < 4.78 is 4.87. The molecule has 0 N–H and O–H groups in total. The molecule has 7 aromatic carbocycles. The summed E-state index contributed by atoms with van der Waals surface area (Å²) in [6.07, 6.45) is 0. The van der Waals surface area contributed by atoms with Gasteiger partial charge in [-0.3, -0.25) is 8.80 Å². The van der Waals surface area contributed by atoms with Gasteiger partial charge >= 0.3 is 0 Å². The third-order valence-corrected chi connectivity index (χ3v) is 9.64. The van der Waals surface area contributed by atoms with Crippen molar-refractivity contribution in [1.82, 2.24) is 8.80 Å². The van der Waals surface area contributed by atoms with E-state index in [1.165, 1.54) is 66.1 Å². The smallest absolute Gasteiger partial charge is 0.131 e. The van der Waals surface area contributed by atoms with Gasteiger partial charge in [-0.15, -0.1) is 0 Å². The fourth-order valence-electron chi connectivity index (χ4n) is 7.52. The minimum absolute atomic E-state index is 1.12. The van der Waals surface area contributed by atoms with Gasteiger partial charge in [0, 0.05) is 33.2 Å². The van der Waals surface area contributed by atoms with Crippen LogP contribution in [0.25, 0.3) is 66.1 Å². The van der Waals surface area contributed by atoms with Crippen molar-refractivity contribution >= 4 is 60.9 Å². The van der Waals surface area contributed by atoms with E-state index in [1.807, 2.05) is 0 Å². The number of nitrogens with zero attached hydrogens (tertiary/aromatic N) is 3. The Hall–Kier alpha value is -6.32. The molecule has 10 aromatic rings. The van der Waals surface area contributed by atoms with Crippen LogP contribution in [-0.4, -0.2) is 8.80 Å². The molecule has 3 heterocycles. The quantitative estimate of drug-likeness (QED) is 0.192. The van der Waals surface area contributed by atoms with Gasteiger partial charge < -0.3 is 4.90 Å². The molecule has 0 aliphatic rings. The summed E-state index contributed by atoms with van der Waals surface area (Å²) in [6, 6.07) is 63.5. The number of benzene rings is 7. The summed E-state index contributed by atoms with van der Waals surface area (Å²) in [5.41, 5.74) is 14.4. The van der Waals surface area contributed by atoms with Crippen molar-refractivity contribution in [3.8, 4) is 22.3 Å². The molecule has 0 amide bonds. The molecule has 0 unspecified atom stereocenters. The first-order chi connectivity index (χ1) is 23.3. The van der Waals surface area contributed by atoms with Crippen LogP contribution in [0.2, 0.25) is 0 Å². The molecule has 0 fully saturated rings. The topological polar surface area (TPSA) is 12.1 Å². The van der Waals surface area contributed by atoms with Gasteiger partial charge in [0.1, 0.15) is 5.65 Å². The molecule has 3 heteroatoms. The van der Waals surface area contributed by atoms with E-state index in [4.69, 9.17) is 0 Å². The van der Waals surface area contributed by atoms with Crippen molar-refractivity contribution in [1.29, 1.82) is 0 Å². The third kappa shape index (κ3) is 3.87. The zero-order valence-electron chi connectivity index (χ0n) is 25.6. The molecule has 10 rings (SSSR count). The lowest BCUT2D eigenvalue weighted by Crippen LogP contribution is -2.09. The average Bonchev–Trinajstić information content (AvgIpc) is 3.78. The molecule has 0 spiro atoms. The van der Waals surface area contributed by atoms with Crippen LogP contribution < -0.4 is 4.90 Å². The maximum atomic E-state index is 2.44. The summed E-state index contributed by atoms with van der Waals surface area (Å²) in [5, 5.41) is 3.84. The lowest BCUT2D eigenvalue weighted by atomic mass is 10.0. The van der Waals surface area contributed by atoms with Gasteiger partial charge in [-0.2, -0.15) is 0 Å². The predicted octanol–water partition coefficient (Wildman–Crippen LogP) is 11.9. The Bertz CT molecular complexity index is 2610. The summed E-state index contributed by atoms with van der Waals surface area (Å²) in [4.78, 5) is 2.38. The SMILES string of the molecule is c1ccc(-c2ccc(N(c3ccc(-c4ccccc4)cc3)c3ccc4c(c3)c3c5ccccc5n5c6ccccc6n4c35)cc2)cc1. The van der Waals surface area contributed by atoms with Crippen LogP contribution in [0.15, 0.2) is 176 Å². The van der Waals surface area contributed by atoms with Crippen molar-refractivity contribution in [2.75, 3.05) is 4.90 Å². The second-order valence-electron chi connectivity index (χ2n) is 12.2. The van der Waals surface area contributed by atoms with Gasteiger partial charge in [0.25, 0.3) is 0 Å². The zero-order valence-corrected chi connectivity index (χ0v) is 25.6. The zero-order chi connectivity index (χ0) is 30.9. The van der Waals surface area contributed by atoms with Gasteiger partial charge in [0.05, 0.1) is 22.1 Å². The number of aromatic nitrogens is 2. The molecule has 3 aromatic heterocycles. The van der Waals surface area contributed by atoms with Crippen molar-refractivity contribution in [3.63, 3.8) is 0 Å². The molecule has 0 atom stereocenters. The highest BCUT2D eigenvalue weighted by atomic mass is 15.1. The predicted molar refractivity (Wildman–Crippen MR) is 198 cm³/mol. The first-order valence-electron chi connectivity index (χ1n) is 16.1. The van der Waals surface area contributed by atoms with Crippen LogP contribution in [0.1, 0.15) is 0 Å². The molecular weight excluding hydrogens is 571 g/mol. The molecule has 0 saturated carbocycles. The molecule has 0 aliphatic heterocycles. The van der Waals surface area contributed by atoms with Gasteiger partial charge in [-0.05, 0) is 82.9 Å². The van der Waals surface area contributed by atoms with Gasteiger partial charge in [0.15, 0.2) is 0 Å². The Morgan fingerprint density at radius 1 is 0.319 bits per heavy atom. The van der Waals surface area contributed by atoms with Crippen LogP contribution >= 0.6 is 0 Å². The second kappa shape index (κ2) is 10.1. The van der Waals surface area contributed by atoms with E-state index in [0.29, 0.717) is 0 Å². The van der Waals surface area contributed by atoms with E-state index in [1.54, 1.807) is 0 Å². The molecule has 3 nitrogen and oxygen atoms in total. The molecule has 0 radical (unpaired) electrons. The van der Waals surface area contributed by atoms with Gasteiger partial charge in [-0.1, -0.05) is 115 Å². The van der Waals surface area contributed by atoms with Crippen molar-refractivity contribution in [3.05, 3.63) is 176 Å². The number of imidazole rings is 1. The van der Waals surface area contributed by atoms with Gasteiger partial charge in [-0.25, -0.2) is 0 Å². The first-order valence-corrected chi connectivity index (χ1v) is 16.1. The number of hydrogen-bond donors (Lipinski definition) is 0. The standard InChI is InChI=1S/C44H29N3/c1-3-11-30(12-4-1)32-19-23-34(24-20-32)45(35-25-21-33(22-26-35)31-13-5-2-6-14-31)36-27-28-40-38(29-36)43-37-15-7-8-16-39(37)46-41-17-9-10-18-42(41)47(40)44(43)46/h1-29H. The fourth-order valence-corrected chi connectivity index (χ4v) is 7.52. The van der Waals surface area contributed by atoms with Crippen LogP contribution in [0.3, 0.4) is 0 Å². The van der Waals surface area contributed by atoms with E-state index in [0.717, 1.165) is 17.1 Å². The van der Waals surface area contributed by atoms with Crippen LogP contribution in [0, 0.1) is 0 Å². The summed E-state index contributed by atoms with van der Waals surface area (Å²) in [5.74, 6) is 0. The Balaban J connectivity index is 1.20. The Labute approximate surface area is 272 Å². The summed E-state index contributed by atoms with van der Waals surface area (Å²) >= 11 is 0. The molecule has 47 heavy (non-hydrogen) atoms. The summed E-state index contributed by atoms with van der Waals surface area (Å²) in [7, 11) is 0. The number of hydrogen-bond acceptors (Lipinski definition) is 1. The highest BCUT2D eigenvalue weighted by molar-refractivity contribution is 6.24. The first kappa shape index (κ1) is 26.0. The molecule has 0 aliphatic carbocycles. The van der Waals surface area contributed by atoms with E-state index < -0.39 is 0 Å². The minimum atomic E-state index is 1.12. The van der Waals surface area contributed by atoms with E-state index >= 15 is 0 Å². The number of para-hydroxylation sites is 3. The van der Waals surface area contributed by atoms with Crippen molar-refractivity contribution < 1.29 is 0 Å². The highest BCUT2D eigenvalue weighted by Crippen LogP contribution is 2.44. The minimum Gasteiger partial charge on any atom is -0.310 e. The molecule has 0 saturated heterocycles.